The fourth-order valence-electron chi connectivity index (χ4n) is 3.35. The van der Waals surface area contributed by atoms with Crippen LogP contribution in [0.3, 0.4) is 0 Å². The molecule has 7 heteroatoms. The number of carbonyl (C=O) groups excluding carboxylic acids is 1. The maximum atomic E-state index is 14.6. The lowest BCUT2D eigenvalue weighted by Crippen LogP contribution is -2.47. The van der Waals surface area contributed by atoms with Gasteiger partial charge in [0.15, 0.2) is 0 Å². The highest BCUT2D eigenvalue weighted by Crippen LogP contribution is 2.25. The van der Waals surface area contributed by atoms with Crippen LogP contribution < -0.4 is 15.0 Å². The summed E-state index contributed by atoms with van der Waals surface area (Å²) < 4.78 is 20.3. The molecular formula is C18H27FN4O2. The van der Waals surface area contributed by atoms with Crippen LogP contribution in [0, 0.1) is 0 Å². The Morgan fingerprint density at radius 3 is 2.72 bits per heavy atom. The van der Waals surface area contributed by atoms with E-state index in [0.717, 1.165) is 25.3 Å². The first-order valence-corrected chi connectivity index (χ1v) is 9.12. The molecular weight excluding hydrogens is 323 g/mol. The maximum Gasteiger partial charge on any atom is 0.215 e. The predicted octanol–water partition coefficient (Wildman–Crippen LogP) is 1.61. The number of piperidine rings is 1. The molecule has 0 aliphatic carbocycles. The van der Waals surface area contributed by atoms with E-state index < -0.39 is 5.67 Å². The van der Waals surface area contributed by atoms with Crippen molar-refractivity contribution in [2.24, 2.45) is 0 Å². The molecule has 3 heterocycles. The van der Waals surface area contributed by atoms with Crippen molar-refractivity contribution in [2.75, 3.05) is 50.8 Å². The second-order valence-corrected chi connectivity index (χ2v) is 6.85. The average Bonchev–Trinajstić information content (AvgIpc) is 3.17. The lowest BCUT2D eigenvalue weighted by atomic mass is 9.93. The van der Waals surface area contributed by atoms with Crippen molar-refractivity contribution in [1.82, 2.24) is 15.2 Å². The molecule has 1 aromatic rings. The molecule has 2 aliphatic heterocycles. The summed E-state index contributed by atoms with van der Waals surface area (Å²) >= 11 is 0. The zero-order chi connectivity index (χ0) is 17.5. The van der Waals surface area contributed by atoms with Crippen LogP contribution in [0.25, 0.3) is 0 Å². The number of rotatable bonds is 8. The van der Waals surface area contributed by atoms with Crippen LogP contribution in [-0.2, 0) is 4.79 Å². The molecule has 25 heavy (non-hydrogen) atoms. The van der Waals surface area contributed by atoms with Gasteiger partial charge in [0, 0.05) is 58.2 Å². The lowest BCUT2D eigenvalue weighted by Gasteiger charge is -2.34. The molecule has 0 spiro atoms. The SMILES string of the molecule is O=CN1CCC(F)(CNCCOc2cccc(N3CCCC3)n2)CC1. The Bertz CT molecular complexity index is 558. The summed E-state index contributed by atoms with van der Waals surface area (Å²) in [5.74, 6) is 1.58. The maximum absolute atomic E-state index is 14.6. The summed E-state index contributed by atoms with van der Waals surface area (Å²) in [6, 6.07) is 5.82. The number of amides is 1. The molecule has 3 rings (SSSR count). The fourth-order valence-corrected chi connectivity index (χ4v) is 3.35. The van der Waals surface area contributed by atoms with E-state index in [1.807, 2.05) is 18.2 Å². The van der Waals surface area contributed by atoms with Gasteiger partial charge in [-0.25, -0.2) is 4.39 Å². The van der Waals surface area contributed by atoms with Crippen LogP contribution in [-0.4, -0.2) is 67.8 Å². The Kier molecular flexibility index (Phi) is 6.07. The number of likely N-dealkylation sites (tertiary alicyclic amines) is 1. The number of pyridine rings is 1. The molecule has 2 fully saturated rings. The topological polar surface area (TPSA) is 57.7 Å². The second-order valence-electron chi connectivity index (χ2n) is 6.85. The molecule has 2 aliphatic rings. The number of carbonyl (C=O) groups is 1. The van der Waals surface area contributed by atoms with Gasteiger partial charge in [-0.15, -0.1) is 0 Å². The largest absolute Gasteiger partial charge is 0.476 e. The zero-order valence-corrected chi connectivity index (χ0v) is 14.6. The number of nitrogens with zero attached hydrogens (tertiary/aromatic N) is 3. The Morgan fingerprint density at radius 2 is 2.00 bits per heavy atom. The lowest BCUT2D eigenvalue weighted by molar-refractivity contribution is -0.120. The van der Waals surface area contributed by atoms with E-state index in [4.69, 9.17) is 4.74 Å². The van der Waals surface area contributed by atoms with Crippen molar-refractivity contribution < 1.29 is 13.9 Å². The highest BCUT2D eigenvalue weighted by Gasteiger charge is 2.33. The van der Waals surface area contributed by atoms with E-state index in [-0.39, 0.29) is 0 Å². The van der Waals surface area contributed by atoms with Crippen molar-refractivity contribution in [1.29, 1.82) is 0 Å². The van der Waals surface area contributed by atoms with Gasteiger partial charge in [-0.1, -0.05) is 6.07 Å². The molecule has 1 aromatic heterocycles. The first-order chi connectivity index (χ1) is 12.2. The van der Waals surface area contributed by atoms with Crippen molar-refractivity contribution >= 4 is 12.2 Å². The molecule has 138 valence electrons. The third kappa shape index (κ3) is 5.04. The van der Waals surface area contributed by atoms with Crippen molar-refractivity contribution in [3.63, 3.8) is 0 Å². The Morgan fingerprint density at radius 1 is 1.24 bits per heavy atom. The number of hydrogen-bond donors (Lipinski definition) is 1. The summed E-state index contributed by atoms with van der Waals surface area (Å²) in [7, 11) is 0. The van der Waals surface area contributed by atoms with Crippen molar-refractivity contribution in [3.8, 4) is 5.88 Å². The first kappa shape index (κ1) is 17.9. The molecule has 1 amide bonds. The number of alkyl halides is 1. The van der Waals surface area contributed by atoms with Crippen molar-refractivity contribution in [3.05, 3.63) is 18.2 Å². The van der Waals surface area contributed by atoms with Gasteiger partial charge in [0.1, 0.15) is 18.1 Å². The number of anilines is 1. The number of nitrogens with one attached hydrogen (secondary N) is 1. The predicted molar refractivity (Wildman–Crippen MR) is 94.8 cm³/mol. The van der Waals surface area contributed by atoms with E-state index in [0.29, 0.717) is 51.5 Å². The minimum absolute atomic E-state index is 0.296. The molecule has 6 nitrogen and oxygen atoms in total. The first-order valence-electron chi connectivity index (χ1n) is 9.12. The van der Waals surface area contributed by atoms with Crippen LogP contribution in [0.5, 0.6) is 5.88 Å². The molecule has 0 atom stereocenters. The van der Waals surface area contributed by atoms with E-state index >= 15 is 0 Å². The molecule has 0 radical (unpaired) electrons. The molecule has 2 saturated heterocycles. The van der Waals surface area contributed by atoms with Crippen LogP contribution in [0.4, 0.5) is 10.2 Å². The number of halogens is 1. The van der Waals surface area contributed by atoms with Crippen LogP contribution in [0.2, 0.25) is 0 Å². The smallest absolute Gasteiger partial charge is 0.215 e. The summed E-state index contributed by atoms with van der Waals surface area (Å²) in [6.45, 7) is 4.41. The molecule has 0 bridgehead atoms. The summed E-state index contributed by atoms with van der Waals surface area (Å²) in [5.41, 5.74) is -1.23. The van der Waals surface area contributed by atoms with Gasteiger partial charge in [0.25, 0.3) is 0 Å². The molecule has 0 aromatic carbocycles. The third-order valence-corrected chi connectivity index (χ3v) is 4.95. The monoisotopic (exact) mass is 350 g/mol. The minimum Gasteiger partial charge on any atom is -0.476 e. The standard InChI is InChI=1S/C18H27FN4O2/c19-18(6-11-22(15-24)12-7-18)14-20-8-13-25-17-5-3-4-16(21-17)23-9-1-2-10-23/h3-5,15,20H,1-2,6-14H2. The van der Waals surface area contributed by atoms with Gasteiger partial charge < -0.3 is 19.9 Å². The summed E-state index contributed by atoms with van der Waals surface area (Å²) in [6.07, 6.45) is 4.00. The average molecular weight is 350 g/mol. The molecule has 1 N–H and O–H groups in total. The van der Waals surface area contributed by atoms with E-state index in [9.17, 15) is 9.18 Å². The zero-order valence-electron chi connectivity index (χ0n) is 14.6. The van der Waals surface area contributed by atoms with Gasteiger partial charge in [-0.3, -0.25) is 4.79 Å². The van der Waals surface area contributed by atoms with Gasteiger partial charge >= 0.3 is 0 Å². The van der Waals surface area contributed by atoms with Gasteiger partial charge in [-0.2, -0.15) is 4.98 Å². The summed E-state index contributed by atoms with van der Waals surface area (Å²) in [4.78, 5) is 19.1. The van der Waals surface area contributed by atoms with Gasteiger partial charge in [0.2, 0.25) is 12.3 Å². The highest BCUT2D eigenvalue weighted by molar-refractivity contribution is 5.47. The Labute approximate surface area is 148 Å². The van der Waals surface area contributed by atoms with E-state index in [1.165, 1.54) is 12.8 Å². The second kappa shape index (κ2) is 8.47. The molecule has 0 unspecified atom stereocenters. The van der Waals surface area contributed by atoms with Crippen LogP contribution in [0.15, 0.2) is 18.2 Å². The van der Waals surface area contributed by atoms with E-state index in [2.05, 4.69) is 15.2 Å². The Hall–Kier alpha value is -1.89. The number of ether oxygens (including phenoxy) is 1. The fraction of sp³-hybridized carbons (Fsp3) is 0.667. The quantitative estimate of drug-likeness (QED) is 0.570. The van der Waals surface area contributed by atoms with Crippen LogP contribution >= 0.6 is 0 Å². The highest BCUT2D eigenvalue weighted by atomic mass is 19.1. The van der Waals surface area contributed by atoms with Crippen LogP contribution in [0.1, 0.15) is 25.7 Å². The third-order valence-electron chi connectivity index (χ3n) is 4.95. The minimum atomic E-state index is -1.23. The molecule has 0 saturated carbocycles. The van der Waals surface area contributed by atoms with Gasteiger partial charge in [0.05, 0.1) is 0 Å². The number of aromatic nitrogens is 1. The Balaban J connectivity index is 1.36. The van der Waals surface area contributed by atoms with E-state index in [1.54, 1.807) is 4.90 Å². The van der Waals surface area contributed by atoms with Gasteiger partial charge in [-0.05, 0) is 18.9 Å². The van der Waals surface area contributed by atoms with Crippen molar-refractivity contribution in [2.45, 2.75) is 31.4 Å². The summed E-state index contributed by atoms with van der Waals surface area (Å²) in [5, 5.41) is 3.12. The number of hydrogen-bond acceptors (Lipinski definition) is 5. The normalized spacial score (nSPS) is 19.9.